The van der Waals surface area contributed by atoms with E-state index in [1.165, 1.54) is 12.1 Å². The predicted molar refractivity (Wildman–Crippen MR) is 58.5 cm³/mol. The number of carbonyl (C=O) groups is 1. The van der Waals surface area contributed by atoms with Crippen LogP contribution in [0, 0.1) is 11.7 Å². The van der Waals surface area contributed by atoms with E-state index in [9.17, 15) is 14.3 Å². The molecule has 16 heavy (non-hydrogen) atoms. The van der Waals surface area contributed by atoms with Crippen LogP contribution in [0.1, 0.15) is 31.1 Å². The lowest BCUT2D eigenvalue weighted by Gasteiger charge is -2.18. The van der Waals surface area contributed by atoms with Gasteiger partial charge in [0.2, 0.25) is 5.91 Å². The Balaban J connectivity index is 2.50. The molecule has 0 fully saturated rings. The number of halogens is 1. The maximum absolute atomic E-state index is 13.3. The summed E-state index contributed by atoms with van der Waals surface area (Å²) in [5.74, 6) is -0.592. The summed E-state index contributed by atoms with van der Waals surface area (Å²) in [6, 6.07) is 2.62. The molecule has 0 radical (unpaired) electrons. The van der Waals surface area contributed by atoms with Gasteiger partial charge in [-0.3, -0.25) is 4.79 Å². The second-order valence-electron chi connectivity index (χ2n) is 4.44. The van der Waals surface area contributed by atoms with Gasteiger partial charge in [-0.15, -0.1) is 0 Å². The molecule has 0 bridgehead atoms. The Hall–Kier alpha value is -1.42. The third-order valence-corrected chi connectivity index (χ3v) is 2.78. The number of aliphatic hydroxyl groups is 1. The zero-order valence-electron chi connectivity index (χ0n) is 9.25. The van der Waals surface area contributed by atoms with Crippen molar-refractivity contribution in [1.82, 2.24) is 0 Å². The fraction of sp³-hybridized carbons (Fsp3) is 0.417. The van der Waals surface area contributed by atoms with Crippen LogP contribution in [0.15, 0.2) is 12.1 Å². The van der Waals surface area contributed by atoms with Crippen molar-refractivity contribution in [2.24, 2.45) is 5.92 Å². The maximum Gasteiger partial charge on any atom is 0.228 e. The Morgan fingerprint density at radius 3 is 2.75 bits per heavy atom. The molecule has 1 aromatic rings. The van der Waals surface area contributed by atoms with Crippen LogP contribution in [0.2, 0.25) is 0 Å². The molecule has 1 atom stereocenters. The summed E-state index contributed by atoms with van der Waals surface area (Å²) in [6.07, 6.45) is -0.576. The number of benzene rings is 1. The predicted octanol–water partition coefficient (Wildman–Crippen LogP) is 2.01. The topological polar surface area (TPSA) is 49.3 Å². The van der Waals surface area contributed by atoms with Gasteiger partial charge < -0.3 is 10.4 Å². The Labute approximate surface area is 93.3 Å². The van der Waals surface area contributed by atoms with Gasteiger partial charge in [-0.25, -0.2) is 4.39 Å². The highest BCUT2D eigenvalue weighted by Gasteiger charge is 2.26. The zero-order chi connectivity index (χ0) is 11.9. The number of rotatable bonds is 2. The van der Waals surface area contributed by atoms with Gasteiger partial charge >= 0.3 is 0 Å². The average molecular weight is 223 g/mol. The van der Waals surface area contributed by atoms with E-state index in [4.69, 9.17) is 0 Å². The van der Waals surface area contributed by atoms with Gasteiger partial charge in [-0.2, -0.15) is 0 Å². The molecule has 0 saturated carbocycles. The first-order valence-electron chi connectivity index (χ1n) is 5.29. The molecule has 1 unspecified atom stereocenters. The first kappa shape index (κ1) is 11.1. The first-order valence-corrected chi connectivity index (χ1v) is 5.29. The lowest BCUT2D eigenvalue weighted by atomic mass is 9.95. The third kappa shape index (κ3) is 1.80. The number of carbonyl (C=O) groups excluding carboxylic acids is 1. The highest BCUT2D eigenvalue weighted by molar-refractivity contribution is 6.00. The van der Waals surface area contributed by atoms with E-state index in [2.05, 4.69) is 5.32 Å². The highest BCUT2D eigenvalue weighted by atomic mass is 19.1. The van der Waals surface area contributed by atoms with Crippen LogP contribution in [0.4, 0.5) is 10.1 Å². The molecule has 2 rings (SSSR count). The molecule has 1 aromatic carbocycles. The molecule has 3 nitrogen and oxygen atoms in total. The van der Waals surface area contributed by atoms with Crippen LogP contribution in [-0.4, -0.2) is 11.0 Å². The Morgan fingerprint density at radius 1 is 1.44 bits per heavy atom. The van der Waals surface area contributed by atoms with Crippen molar-refractivity contribution in [3.05, 3.63) is 29.1 Å². The third-order valence-electron chi connectivity index (χ3n) is 2.78. The summed E-state index contributed by atoms with van der Waals surface area (Å²) in [7, 11) is 0. The summed E-state index contributed by atoms with van der Waals surface area (Å²) in [6.45, 7) is 3.69. The second kappa shape index (κ2) is 3.87. The molecule has 0 saturated heterocycles. The van der Waals surface area contributed by atoms with E-state index in [0.29, 0.717) is 16.8 Å². The number of nitrogens with one attached hydrogen (secondary N) is 1. The molecule has 0 aliphatic carbocycles. The van der Waals surface area contributed by atoms with Gasteiger partial charge in [0, 0.05) is 5.56 Å². The van der Waals surface area contributed by atoms with E-state index >= 15 is 0 Å². The standard InChI is InChI=1S/C12H14FNO2/c1-6(2)12(16)9-5-8(13)3-7-4-10(15)14-11(7)9/h3,5-6,12,16H,4H2,1-2H3,(H,14,15). The van der Waals surface area contributed by atoms with Crippen LogP contribution in [0.25, 0.3) is 0 Å². The highest BCUT2D eigenvalue weighted by Crippen LogP contribution is 2.35. The van der Waals surface area contributed by atoms with Gasteiger partial charge in [0.15, 0.2) is 0 Å². The van der Waals surface area contributed by atoms with E-state index in [1.807, 2.05) is 13.8 Å². The number of hydrogen-bond donors (Lipinski definition) is 2. The molecule has 2 N–H and O–H groups in total. The number of hydrogen-bond acceptors (Lipinski definition) is 2. The molecule has 4 heteroatoms. The van der Waals surface area contributed by atoms with Gasteiger partial charge in [-0.1, -0.05) is 13.8 Å². The molecule has 1 aliphatic heterocycles. The smallest absolute Gasteiger partial charge is 0.228 e. The Bertz CT molecular complexity index is 443. The number of fused-ring (bicyclic) bond motifs is 1. The summed E-state index contributed by atoms with van der Waals surface area (Å²) in [4.78, 5) is 11.2. The van der Waals surface area contributed by atoms with Crippen molar-refractivity contribution < 1.29 is 14.3 Å². The molecule has 1 heterocycles. The molecular formula is C12H14FNO2. The number of anilines is 1. The lowest BCUT2D eigenvalue weighted by molar-refractivity contribution is -0.115. The van der Waals surface area contributed by atoms with E-state index in [1.54, 1.807) is 0 Å². The normalized spacial score (nSPS) is 16.2. The molecule has 0 spiro atoms. The fourth-order valence-electron chi connectivity index (χ4n) is 1.93. The minimum absolute atomic E-state index is 0.0246. The number of amides is 1. The van der Waals surface area contributed by atoms with Crippen molar-refractivity contribution in [2.75, 3.05) is 5.32 Å². The van der Waals surface area contributed by atoms with Crippen molar-refractivity contribution in [1.29, 1.82) is 0 Å². The van der Waals surface area contributed by atoms with Crippen LogP contribution in [-0.2, 0) is 11.2 Å². The van der Waals surface area contributed by atoms with Gasteiger partial charge in [0.25, 0.3) is 0 Å². The second-order valence-corrected chi connectivity index (χ2v) is 4.44. The molecular weight excluding hydrogens is 209 g/mol. The Morgan fingerprint density at radius 2 is 2.12 bits per heavy atom. The molecule has 1 aliphatic rings. The molecule has 0 aromatic heterocycles. The SMILES string of the molecule is CC(C)C(O)c1cc(F)cc2c1NC(=O)C2. The minimum Gasteiger partial charge on any atom is -0.388 e. The summed E-state index contributed by atoms with van der Waals surface area (Å²) in [5, 5.41) is 12.6. The summed E-state index contributed by atoms with van der Waals surface area (Å²) >= 11 is 0. The van der Waals surface area contributed by atoms with Crippen LogP contribution in [0.5, 0.6) is 0 Å². The molecule has 1 amide bonds. The van der Waals surface area contributed by atoms with Crippen LogP contribution < -0.4 is 5.32 Å². The first-order chi connectivity index (χ1) is 7.49. The molecule has 86 valence electrons. The summed E-state index contributed by atoms with van der Waals surface area (Å²) < 4.78 is 13.3. The van der Waals surface area contributed by atoms with Crippen molar-refractivity contribution >= 4 is 11.6 Å². The van der Waals surface area contributed by atoms with Crippen LogP contribution in [0.3, 0.4) is 0 Å². The largest absolute Gasteiger partial charge is 0.388 e. The van der Waals surface area contributed by atoms with E-state index in [-0.39, 0.29) is 18.2 Å². The average Bonchev–Trinajstić information content (AvgIpc) is 2.55. The minimum atomic E-state index is -0.761. The van der Waals surface area contributed by atoms with Gasteiger partial charge in [-0.05, 0) is 23.6 Å². The van der Waals surface area contributed by atoms with Gasteiger partial charge in [0.1, 0.15) is 5.82 Å². The summed E-state index contributed by atoms with van der Waals surface area (Å²) in [5.41, 5.74) is 1.67. The monoisotopic (exact) mass is 223 g/mol. The van der Waals surface area contributed by atoms with E-state index < -0.39 is 11.9 Å². The maximum atomic E-state index is 13.3. The van der Waals surface area contributed by atoms with E-state index in [0.717, 1.165) is 0 Å². The van der Waals surface area contributed by atoms with Crippen molar-refractivity contribution in [3.63, 3.8) is 0 Å². The quantitative estimate of drug-likeness (QED) is 0.805. The van der Waals surface area contributed by atoms with Gasteiger partial charge in [0.05, 0.1) is 18.2 Å². The van der Waals surface area contributed by atoms with Crippen LogP contribution >= 0.6 is 0 Å². The fourth-order valence-corrected chi connectivity index (χ4v) is 1.93. The van der Waals surface area contributed by atoms with Crippen molar-refractivity contribution in [3.8, 4) is 0 Å². The number of aliphatic hydroxyl groups excluding tert-OH is 1. The zero-order valence-corrected chi connectivity index (χ0v) is 9.25. The van der Waals surface area contributed by atoms with Crippen molar-refractivity contribution in [2.45, 2.75) is 26.4 Å². The lowest BCUT2D eigenvalue weighted by Crippen LogP contribution is -2.10. The Kier molecular flexibility index (Phi) is 2.68.